The lowest BCUT2D eigenvalue weighted by Gasteiger charge is -2.07. The first-order valence-electron chi connectivity index (χ1n) is 4.07. The van der Waals surface area contributed by atoms with Crippen LogP contribution >= 0.6 is 0 Å². The summed E-state index contributed by atoms with van der Waals surface area (Å²) in [5.74, 6) is 0.843. The molecule has 2 rings (SSSR count). The Bertz CT molecular complexity index is 145. The van der Waals surface area contributed by atoms with Gasteiger partial charge in [0.25, 0.3) is 0 Å². The highest BCUT2D eigenvalue weighted by Gasteiger charge is 2.19. The van der Waals surface area contributed by atoms with Gasteiger partial charge < -0.3 is 10.6 Å². The minimum absolute atomic E-state index is 0.843. The lowest BCUT2D eigenvalue weighted by atomic mass is 9.99. The van der Waals surface area contributed by atoms with E-state index in [2.05, 4.69) is 16.7 Å². The molecule has 56 valence electrons. The summed E-state index contributed by atoms with van der Waals surface area (Å²) < 4.78 is 0. The van der Waals surface area contributed by atoms with Crippen LogP contribution < -0.4 is 10.6 Å². The van der Waals surface area contributed by atoms with E-state index in [0.717, 1.165) is 19.0 Å². The molecular formula is C8H14N2. The molecule has 0 saturated carbocycles. The van der Waals surface area contributed by atoms with Crippen LogP contribution in [0.25, 0.3) is 0 Å². The van der Waals surface area contributed by atoms with Gasteiger partial charge in [0.15, 0.2) is 0 Å². The summed E-state index contributed by atoms with van der Waals surface area (Å²) in [6.07, 6.45) is 3.69. The Hall–Kier alpha value is -0.340. The molecule has 1 saturated heterocycles. The van der Waals surface area contributed by atoms with Crippen LogP contribution in [0.15, 0.2) is 11.6 Å². The van der Waals surface area contributed by atoms with Crippen molar-refractivity contribution in [2.24, 2.45) is 5.92 Å². The smallest absolute Gasteiger partial charge is 0.0171 e. The van der Waals surface area contributed by atoms with Crippen molar-refractivity contribution < 1.29 is 0 Å². The van der Waals surface area contributed by atoms with E-state index in [0.29, 0.717) is 0 Å². The monoisotopic (exact) mass is 138 g/mol. The van der Waals surface area contributed by atoms with Crippen molar-refractivity contribution >= 4 is 0 Å². The third-order valence-electron chi connectivity index (χ3n) is 2.42. The second-order valence-corrected chi connectivity index (χ2v) is 3.10. The molecule has 0 aliphatic carbocycles. The van der Waals surface area contributed by atoms with Crippen LogP contribution in [0.4, 0.5) is 0 Å². The molecule has 1 atom stereocenters. The third kappa shape index (κ3) is 1.09. The first-order chi connectivity index (χ1) is 4.97. The molecule has 0 aromatic heterocycles. The zero-order valence-corrected chi connectivity index (χ0v) is 6.19. The highest BCUT2D eigenvalue weighted by Crippen LogP contribution is 2.19. The summed E-state index contributed by atoms with van der Waals surface area (Å²) in [6, 6.07) is 0. The SMILES string of the molecule is C1=C(C2CCNC2)CNC1. The van der Waals surface area contributed by atoms with Gasteiger partial charge in [-0.25, -0.2) is 0 Å². The average Bonchev–Trinajstić information content (AvgIpc) is 2.59. The molecule has 1 fully saturated rings. The maximum Gasteiger partial charge on any atom is 0.0171 e. The number of hydrogen-bond acceptors (Lipinski definition) is 2. The van der Waals surface area contributed by atoms with Gasteiger partial charge in [0.05, 0.1) is 0 Å². The van der Waals surface area contributed by atoms with Crippen LogP contribution in [0.1, 0.15) is 6.42 Å². The van der Waals surface area contributed by atoms with E-state index >= 15 is 0 Å². The van der Waals surface area contributed by atoms with Crippen LogP contribution in [0.3, 0.4) is 0 Å². The second kappa shape index (κ2) is 2.72. The fourth-order valence-electron chi connectivity index (χ4n) is 1.77. The molecule has 0 bridgehead atoms. The van der Waals surface area contributed by atoms with Crippen LogP contribution in [0.2, 0.25) is 0 Å². The highest BCUT2D eigenvalue weighted by molar-refractivity contribution is 5.16. The summed E-state index contributed by atoms with van der Waals surface area (Å²) in [5, 5.41) is 6.71. The molecule has 0 spiro atoms. The van der Waals surface area contributed by atoms with Crippen LogP contribution in [-0.2, 0) is 0 Å². The van der Waals surface area contributed by atoms with E-state index in [-0.39, 0.29) is 0 Å². The molecule has 2 N–H and O–H groups in total. The Morgan fingerprint density at radius 3 is 3.00 bits per heavy atom. The molecule has 1 unspecified atom stereocenters. The van der Waals surface area contributed by atoms with Crippen molar-refractivity contribution in [1.82, 2.24) is 10.6 Å². The van der Waals surface area contributed by atoms with Crippen LogP contribution in [0, 0.1) is 5.92 Å². The first kappa shape index (κ1) is 6.38. The van der Waals surface area contributed by atoms with Crippen molar-refractivity contribution in [3.05, 3.63) is 11.6 Å². The van der Waals surface area contributed by atoms with Crippen molar-refractivity contribution in [1.29, 1.82) is 0 Å². The topological polar surface area (TPSA) is 24.1 Å². The summed E-state index contributed by atoms with van der Waals surface area (Å²) in [5.41, 5.74) is 1.63. The minimum Gasteiger partial charge on any atom is -0.316 e. The van der Waals surface area contributed by atoms with Gasteiger partial charge >= 0.3 is 0 Å². The van der Waals surface area contributed by atoms with Gasteiger partial charge in [-0.05, 0) is 18.9 Å². The molecule has 2 aliphatic rings. The van der Waals surface area contributed by atoms with Crippen molar-refractivity contribution in [3.63, 3.8) is 0 Å². The van der Waals surface area contributed by atoms with E-state index in [1.165, 1.54) is 19.5 Å². The van der Waals surface area contributed by atoms with Gasteiger partial charge in [-0.15, -0.1) is 0 Å². The molecule has 0 aromatic rings. The Morgan fingerprint density at radius 1 is 1.40 bits per heavy atom. The zero-order valence-electron chi connectivity index (χ0n) is 6.19. The number of rotatable bonds is 1. The predicted octanol–water partition coefficient (Wildman–Crippen LogP) is 0.125. The lowest BCUT2D eigenvalue weighted by Crippen LogP contribution is -2.15. The molecule has 0 radical (unpaired) electrons. The summed E-state index contributed by atoms with van der Waals surface area (Å²) in [7, 11) is 0. The predicted molar refractivity (Wildman–Crippen MR) is 41.9 cm³/mol. The van der Waals surface area contributed by atoms with E-state index in [1.807, 2.05) is 0 Å². The van der Waals surface area contributed by atoms with E-state index < -0.39 is 0 Å². The van der Waals surface area contributed by atoms with Crippen LogP contribution in [-0.4, -0.2) is 26.2 Å². The summed E-state index contributed by atoms with van der Waals surface area (Å²) in [4.78, 5) is 0. The maximum atomic E-state index is 3.38. The van der Waals surface area contributed by atoms with Gasteiger partial charge in [0.1, 0.15) is 0 Å². The lowest BCUT2D eigenvalue weighted by molar-refractivity contribution is 0.661. The fourth-order valence-corrected chi connectivity index (χ4v) is 1.77. The quantitative estimate of drug-likeness (QED) is 0.503. The van der Waals surface area contributed by atoms with Gasteiger partial charge in [0.2, 0.25) is 0 Å². The standard InChI is InChI=1S/C8H14N2/c1-3-9-5-7(1)8-2-4-10-6-8/h1,8-10H,2-6H2. The van der Waals surface area contributed by atoms with Gasteiger partial charge in [-0.3, -0.25) is 0 Å². The van der Waals surface area contributed by atoms with Crippen molar-refractivity contribution in [2.45, 2.75) is 6.42 Å². The molecule has 10 heavy (non-hydrogen) atoms. The molecule has 2 aliphatic heterocycles. The number of hydrogen-bond donors (Lipinski definition) is 2. The van der Waals surface area contributed by atoms with E-state index in [4.69, 9.17) is 0 Å². The van der Waals surface area contributed by atoms with Crippen molar-refractivity contribution in [3.8, 4) is 0 Å². The van der Waals surface area contributed by atoms with E-state index in [1.54, 1.807) is 5.57 Å². The van der Waals surface area contributed by atoms with Crippen molar-refractivity contribution in [2.75, 3.05) is 26.2 Å². The Balaban J connectivity index is 1.97. The normalized spacial score (nSPS) is 32.8. The van der Waals surface area contributed by atoms with Gasteiger partial charge in [-0.2, -0.15) is 0 Å². The first-order valence-corrected chi connectivity index (χ1v) is 4.07. The van der Waals surface area contributed by atoms with Gasteiger partial charge in [0, 0.05) is 19.6 Å². The molecular weight excluding hydrogens is 124 g/mol. The maximum absolute atomic E-state index is 3.38. The van der Waals surface area contributed by atoms with Gasteiger partial charge in [-0.1, -0.05) is 11.6 Å². The highest BCUT2D eigenvalue weighted by atomic mass is 14.9. The second-order valence-electron chi connectivity index (χ2n) is 3.10. The molecule has 2 heteroatoms. The molecule has 0 amide bonds. The third-order valence-corrected chi connectivity index (χ3v) is 2.42. The molecule has 0 aromatic carbocycles. The molecule has 2 nitrogen and oxygen atoms in total. The zero-order chi connectivity index (χ0) is 6.81. The largest absolute Gasteiger partial charge is 0.316 e. The van der Waals surface area contributed by atoms with Crippen LogP contribution in [0.5, 0.6) is 0 Å². The Kier molecular flexibility index (Phi) is 1.74. The van der Waals surface area contributed by atoms with E-state index in [9.17, 15) is 0 Å². The fraction of sp³-hybridized carbons (Fsp3) is 0.750. The number of nitrogens with one attached hydrogen (secondary N) is 2. The molecule has 2 heterocycles. The minimum atomic E-state index is 0.843. The average molecular weight is 138 g/mol. The Morgan fingerprint density at radius 2 is 2.40 bits per heavy atom. The Labute approximate surface area is 61.7 Å². The summed E-state index contributed by atoms with van der Waals surface area (Å²) in [6.45, 7) is 4.63. The summed E-state index contributed by atoms with van der Waals surface area (Å²) >= 11 is 0.